The molecule has 0 fully saturated rings. The zero-order valence-corrected chi connectivity index (χ0v) is 13.7. The number of nitrogens with one attached hydrogen (secondary N) is 1. The first-order valence-corrected chi connectivity index (χ1v) is 7.10. The SMILES string of the molecule is CCCc1ccc(C(NC(=O)[C@@H](C)N)C(C)C)cc1.Cl. The minimum Gasteiger partial charge on any atom is -0.348 e. The highest BCUT2D eigenvalue weighted by Crippen LogP contribution is 2.22. The molecule has 0 bridgehead atoms. The zero-order valence-electron chi connectivity index (χ0n) is 12.8. The molecule has 0 radical (unpaired) electrons. The lowest BCUT2D eigenvalue weighted by atomic mass is 9.94. The Morgan fingerprint density at radius 3 is 2.15 bits per heavy atom. The molecule has 2 atom stereocenters. The molecule has 0 spiro atoms. The van der Waals surface area contributed by atoms with Crippen LogP contribution in [0.2, 0.25) is 0 Å². The molecular formula is C16H27ClN2O. The molecular weight excluding hydrogens is 272 g/mol. The summed E-state index contributed by atoms with van der Waals surface area (Å²) in [7, 11) is 0. The van der Waals surface area contributed by atoms with Crippen LogP contribution < -0.4 is 11.1 Å². The van der Waals surface area contributed by atoms with E-state index in [1.807, 2.05) is 0 Å². The van der Waals surface area contributed by atoms with Gasteiger partial charge in [0.2, 0.25) is 5.91 Å². The fourth-order valence-electron chi connectivity index (χ4n) is 2.10. The molecule has 0 aliphatic heterocycles. The third-order valence-corrected chi connectivity index (χ3v) is 3.26. The van der Waals surface area contributed by atoms with Gasteiger partial charge in [0, 0.05) is 0 Å². The number of halogens is 1. The summed E-state index contributed by atoms with van der Waals surface area (Å²) < 4.78 is 0. The zero-order chi connectivity index (χ0) is 14.4. The molecule has 3 nitrogen and oxygen atoms in total. The van der Waals surface area contributed by atoms with Gasteiger partial charge in [-0.2, -0.15) is 0 Å². The first-order chi connectivity index (χ1) is 8.95. The summed E-state index contributed by atoms with van der Waals surface area (Å²) in [5.74, 6) is 0.232. The van der Waals surface area contributed by atoms with Crippen molar-refractivity contribution in [3.8, 4) is 0 Å². The van der Waals surface area contributed by atoms with Crippen LogP contribution in [0, 0.1) is 5.92 Å². The number of hydrogen-bond donors (Lipinski definition) is 2. The van der Waals surface area contributed by atoms with E-state index in [0.29, 0.717) is 5.92 Å². The Kier molecular flexibility index (Phi) is 8.51. The molecule has 20 heavy (non-hydrogen) atoms. The van der Waals surface area contributed by atoms with Crippen molar-refractivity contribution in [1.29, 1.82) is 0 Å². The van der Waals surface area contributed by atoms with Crippen molar-refractivity contribution in [2.45, 2.75) is 52.6 Å². The molecule has 0 aromatic heterocycles. The minimum atomic E-state index is -0.472. The van der Waals surface area contributed by atoms with Crippen LogP contribution >= 0.6 is 12.4 Å². The number of carbonyl (C=O) groups is 1. The molecule has 4 heteroatoms. The van der Waals surface area contributed by atoms with Gasteiger partial charge >= 0.3 is 0 Å². The second-order valence-electron chi connectivity index (χ2n) is 5.51. The van der Waals surface area contributed by atoms with Crippen molar-refractivity contribution in [3.05, 3.63) is 35.4 Å². The lowest BCUT2D eigenvalue weighted by Gasteiger charge is -2.24. The van der Waals surface area contributed by atoms with Gasteiger partial charge in [-0.3, -0.25) is 4.79 Å². The monoisotopic (exact) mass is 298 g/mol. The molecule has 0 heterocycles. The van der Waals surface area contributed by atoms with Crippen LogP contribution in [-0.4, -0.2) is 11.9 Å². The van der Waals surface area contributed by atoms with Crippen LogP contribution in [-0.2, 0) is 11.2 Å². The van der Waals surface area contributed by atoms with Gasteiger partial charge in [0.25, 0.3) is 0 Å². The molecule has 1 aromatic carbocycles. The van der Waals surface area contributed by atoms with Gasteiger partial charge < -0.3 is 11.1 Å². The number of carbonyl (C=O) groups excluding carboxylic acids is 1. The van der Waals surface area contributed by atoms with Gasteiger partial charge in [-0.1, -0.05) is 51.5 Å². The molecule has 1 amide bonds. The maximum Gasteiger partial charge on any atom is 0.237 e. The van der Waals surface area contributed by atoms with E-state index in [2.05, 4.69) is 50.4 Å². The number of rotatable bonds is 6. The summed E-state index contributed by atoms with van der Waals surface area (Å²) >= 11 is 0. The number of benzene rings is 1. The highest BCUT2D eigenvalue weighted by molar-refractivity contribution is 5.85. The van der Waals surface area contributed by atoms with Gasteiger partial charge in [0.15, 0.2) is 0 Å². The van der Waals surface area contributed by atoms with Crippen LogP contribution in [0.4, 0.5) is 0 Å². The first kappa shape index (κ1) is 18.9. The van der Waals surface area contributed by atoms with E-state index in [4.69, 9.17) is 5.73 Å². The maximum absolute atomic E-state index is 11.8. The highest BCUT2D eigenvalue weighted by atomic mass is 35.5. The van der Waals surface area contributed by atoms with Crippen molar-refractivity contribution in [2.75, 3.05) is 0 Å². The lowest BCUT2D eigenvalue weighted by molar-refractivity contribution is -0.123. The molecule has 1 rings (SSSR count). The Balaban J connectivity index is 0.00000361. The predicted octanol–water partition coefficient (Wildman–Crippen LogP) is 3.22. The van der Waals surface area contributed by atoms with E-state index in [0.717, 1.165) is 18.4 Å². The van der Waals surface area contributed by atoms with Crippen LogP contribution in [0.3, 0.4) is 0 Å². The smallest absolute Gasteiger partial charge is 0.237 e. The topological polar surface area (TPSA) is 55.1 Å². The van der Waals surface area contributed by atoms with E-state index < -0.39 is 6.04 Å². The van der Waals surface area contributed by atoms with E-state index in [-0.39, 0.29) is 24.4 Å². The van der Waals surface area contributed by atoms with Crippen LogP contribution in [0.25, 0.3) is 0 Å². The summed E-state index contributed by atoms with van der Waals surface area (Å²) in [6.07, 6.45) is 2.24. The average molecular weight is 299 g/mol. The number of nitrogens with two attached hydrogens (primary N) is 1. The van der Waals surface area contributed by atoms with Gasteiger partial charge in [-0.25, -0.2) is 0 Å². The largest absolute Gasteiger partial charge is 0.348 e. The molecule has 114 valence electrons. The lowest BCUT2D eigenvalue weighted by Crippen LogP contribution is -2.41. The number of hydrogen-bond acceptors (Lipinski definition) is 2. The average Bonchev–Trinajstić information content (AvgIpc) is 2.36. The first-order valence-electron chi connectivity index (χ1n) is 7.10. The number of amides is 1. The third kappa shape index (κ3) is 5.51. The molecule has 0 aliphatic carbocycles. The fraction of sp³-hybridized carbons (Fsp3) is 0.562. The Labute approximate surface area is 128 Å². The normalized spacial score (nSPS) is 13.5. The van der Waals surface area contributed by atoms with E-state index >= 15 is 0 Å². The van der Waals surface area contributed by atoms with Crippen molar-refractivity contribution in [3.63, 3.8) is 0 Å². The third-order valence-electron chi connectivity index (χ3n) is 3.26. The highest BCUT2D eigenvalue weighted by Gasteiger charge is 2.19. The van der Waals surface area contributed by atoms with Gasteiger partial charge in [-0.15, -0.1) is 12.4 Å². The Morgan fingerprint density at radius 2 is 1.75 bits per heavy atom. The van der Waals surface area contributed by atoms with Crippen LogP contribution in [0.15, 0.2) is 24.3 Å². The van der Waals surface area contributed by atoms with E-state index in [1.165, 1.54) is 5.56 Å². The Bertz CT molecular complexity index is 401. The summed E-state index contributed by atoms with van der Waals surface area (Å²) in [5.41, 5.74) is 8.10. The van der Waals surface area contributed by atoms with Crippen molar-refractivity contribution in [2.24, 2.45) is 11.7 Å². The van der Waals surface area contributed by atoms with Crippen LogP contribution in [0.5, 0.6) is 0 Å². The molecule has 0 aliphatic rings. The second kappa shape index (κ2) is 8.98. The maximum atomic E-state index is 11.8. The molecule has 1 unspecified atom stereocenters. The molecule has 0 saturated heterocycles. The van der Waals surface area contributed by atoms with Gasteiger partial charge in [0.1, 0.15) is 0 Å². The molecule has 0 saturated carbocycles. The quantitative estimate of drug-likeness (QED) is 0.847. The van der Waals surface area contributed by atoms with Gasteiger partial charge in [0.05, 0.1) is 12.1 Å². The summed E-state index contributed by atoms with van der Waals surface area (Å²) in [6.45, 7) is 8.09. The summed E-state index contributed by atoms with van der Waals surface area (Å²) in [4.78, 5) is 11.8. The standard InChI is InChI=1S/C16H26N2O.ClH/c1-5-6-13-7-9-14(10-8-13)15(11(2)3)18-16(19)12(4)17;/h7-12,15H,5-6,17H2,1-4H3,(H,18,19);1H/t12-,15?;/m1./s1. The summed E-state index contributed by atoms with van der Waals surface area (Å²) in [6, 6.07) is 8.06. The predicted molar refractivity (Wildman–Crippen MR) is 87.1 cm³/mol. The van der Waals surface area contributed by atoms with Crippen LogP contribution in [0.1, 0.15) is 51.3 Å². The van der Waals surface area contributed by atoms with Crippen molar-refractivity contribution in [1.82, 2.24) is 5.32 Å². The Hall–Kier alpha value is -1.06. The van der Waals surface area contributed by atoms with E-state index in [1.54, 1.807) is 6.92 Å². The minimum absolute atomic E-state index is 0. The second-order valence-corrected chi connectivity index (χ2v) is 5.51. The van der Waals surface area contributed by atoms with Crippen molar-refractivity contribution >= 4 is 18.3 Å². The van der Waals surface area contributed by atoms with Crippen molar-refractivity contribution < 1.29 is 4.79 Å². The Morgan fingerprint density at radius 1 is 1.20 bits per heavy atom. The van der Waals surface area contributed by atoms with Gasteiger partial charge in [-0.05, 0) is 30.4 Å². The molecule has 3 N–H and O–H groups in total. The van der Waals surface area contributed by atoms with E-state index in [9.17, 15) is 4.79 Å². The summed E-state index contributed by atoms with van der Waals surface area (Å²) in [5, 5.41) is 3.02. The fourth-order valence-corrected chi connectivity index (χ4v) is 2.10. The molecule has 1 aromatic rings. The number of aryl methyl sites for hydroxylation is 1.